The summed E-state index contributed by atoms with van der Waals surface area (Å²) in [5.74, 6) is 1.96. The summed E-state index contributed by atoms with van der Waals surface area (Å²) in [4.78, 5) is 9.62. The van der Waals surface area contributed by atoms with Crippen molar-refractivity contribution in [3.63, 3.8) is 0 Å². The Balaban J connectivity index is 1.75. The Bertz CT molecular complexity index is 463. The number of fused-ring (bicyclic) bond motifs is 1. The van der Waals surface area contributed by atoms with E-state index in [2.05, 4.69) is 50.8 Å². The van der Waals surface area contributed by atoms with Gasteiger partial charge in [-0.3, -0.25) is 0 Å². The summed E-state index contributed by atoms with van der Waals surface area (Å²) in [6.07, 6.45) is 5.93. The summed E-state index contributed by atoms with van der Waals surface area (Å²) in [6, 6.07) is 3.00. The highest BCUT2D eigenvalue weighted by Gasteiger charge is 2.34. The van der Waals surface area contributed by atoms with Crippen molar-refractivity contribution < 1.29 is 0 Å². The molecule has 2 fully saturated rings. The zero-order valence-corrected chi connectivity index (χ0v) is 13.4. The molecule has 3 heterocycles. The molecular weight excluding hydrogens is 302 g/mol. The third-order valence-corrected chi connectivity index (χ3v) is 5.53. The minimum Gasteiger partial charge on any atom is -0.356 e. The molecule has 2 unspecified atom stereocenters. The molecule has 0 saturated carbocycles. The van der Waals surface area contributed by atoms with Crippen LogP contribution in [0, 0.1) is 12.8 Å². The Labute approximate surface area is 124 Å². The second-order valence-corrected chi connectivity index (χ2v) is 6.83. The molecule has 3 rings (SSSR count). The van der Waals surface area contributed by atoms with E-state index in [0.717, 1.165) is 28.8 Å². The van der Waals surface area contributed by atoms with Crippen LogP contribution in [-0.2, 0) is 0 Å². The number of piperidine rings is 2. The molecule has 1 aromatic heterocycles. The van der Waals surface area contributed by atoms with E-state index < -0.39 is 0 Å². The molecule has 4 heteroatoms. The molecular formula is C15H22BrN3. The number of halogens is 1. The molecule has 0 amide bonds. The molecule has 2 aliphatic rings. The first kappa shape index (κ1) is 13.4. The fourth-order valence-electron chi connectivity index (χ4n) is 3.56. The zero-order valence-electron chi connectivity index (χ0n) is 11.8. The molecule has 1 aromatic rings. The lowest BCUT2D eigenvalue weighted by atomic mass is 9.84. The average molecular weight is 324 g/mol. The molecule has 3 nitrogen and oxygen atoms in total. The van der Waals surface area contributed by atoms with Gasteiger partial charge in [0.2, 0.25) is 0 Å². The van der Waals surface area contributed by atoms with Gasteiger partial charge < -0.3 is 9.80 Å². The molecule has 2 aliphatic heterocycles. The normalized spacial score (nSPS) is 28.3. The van der Waals surface area contributed by atoms with Crippen LogP contribution in [0.1, 0.15) is 24.8 Å². The maximum Gasteiger partial charge on any atom is 0.128 e. The molecule has 0 radical (unpaired) electrons. The van der Waals surface area contributed by atoms with Crippen LogP contribution < -0.4 is 4.90 Å². The molecule has 0 N–H and O–H groups in total. The second-order valence-electron chi connectivity index (χ2n) is 5.98. The van der Waals surface area contributed by atoms with E-state index in [1.807, 2.05) is 6.20 Å². The van der Waals surface area contributed by atoms with Gasteiger partial charge in [0.1, 0.15) is 5.82 Å². The lowest BCUT2D eigenvalue weighted by molar-refractivity contribution is 0.102. The van der Waals surface area contributed by atoms with Gasteiger partial charge in [-0.15, -0.1) is 0 Å². The first-order valence-electron chi connectivity index (χ1n) is 7.22. The highest BCUT2D eigenvalue weighted by atomic mass is 79.9. The highest BCUT2D eigenvalue weighted by Crippen LogP contribution is 2.32. The minimum absolute atomic E-state index is 0.793. The fourth-order valence-corrected chi connectivity index (χ4v) is 3.77. The van der Waals surface area contributed by atoms with Crippen molar-refractivity contribution >= 4 is 21.7 Å². The molecule has 19 heavy (non-hydrogen) atoms. The lowest BCUT2D eigenvalue weighted by Gasteiger charge is -2.46. The number of hydrogen-bond acceptors (Lipinski definition) is 3. The summed E-state index contributed by atoms with van der Waals surface area (Å²) in [5, 5.41) is 0. The zero-order chi connectivity index (χ0) is 13.4. The van der Waals surface area contributed by atoms with E-state index in [-0.39, 0.29) is 0 Å². The van der Waals surface area contributed by atoms with E-state index >= 15 is 0 Å². The van der Waals surface area contributed by atoms with Crippen molar-refractivity contribution in [1.82, 2.24) is 9.88 Å². The maximum atomic E-state index is 4.58. The van der Waals surface area contributed by atoms with Crippen LogP contribution in [0.15, 0.2) is 16.7 Å². The average Bonchev–Trinajstić information content (AvgIpc) is 2.42. The predicted molar refractivity (Wildman–Crippen MR) is 82.6 cm³/mol. The number of nitrogens with zero attached hydrogens (tertiary/aromatic N) is 3. The lowest BCUT2D eigenvalue weighted by Crippen LogP contribution is -2.52. The Kier molecular flexibility index (Phi) is 3.81. The van der Waals surface area contributed by atoms with E-state index in [1.165, 1.54) is 37.9 Å². The molecule has 0 aromatic carbocycles. The number of pyridine rings is 1. The van der Waals surface area contributed by atoms with Gasteiger partial charge >= 0.3 is 0 Å². The summed E-state index contributed by atoms with van der Waals surface area (Å²) >= 11 is 3.53. The van der Waals surface area contributed by atoms with Crippen LogP contribution in [0.3, 0.4) is 0 Å². The SMILES string of the molecule is Cc1cc(N2CCC3C(CCCN3C)C2)ncc1Br. The van der Waals surface area contributed by atoms with E-state index in [0.29, 0.717) is 0 Å². The summed E-state index contributed by atoms with van der Waals surface area (Å²) < 4.78 is 1.10. The Morgan fingerprint density at radius 2 is 2.16 bits per heavy atom. The standard InChI is InChI=1S/C15H22BrN3/c1-11-8-15(17-9-13(11)16)19-7-5-14-12(10-19)4-3-6-18(14)2/h8-9,12,14H,3-7,10H2,1-2H3. The Morgan fingerprint density at radius 1 is 1.32 bits per heavy atom. The van der Waals surface area contributed by atoms with Crippen LogP contribution in [0.2, 0.25) is 0 Å². The van der Waals surface area contributed by atoms with Crippen LogP contribution in [-0.4, -0.2) is 42.6 Å². The Morgan fingerprint density at radius 3 is 2.95 bits per heavy atom. The van der Waals surface area contributed by atoms with E-state index in [9.17, 15) is 0 Å². The topological polar surface area (TPSA) is 19.4 Å². The van der Waals surface area contributed by atoms with Crippen LogP contribution in [0.5, 0.6) is 0 Å². The van der Waals surface area contributed by atoms with Crippen molar-refractivity contribution in [3.8, 4) is 0 Å². The first-order chi connectivity index (χ1) is 9.15. The highest BCUT2D eigenvalue weighted by molar-refractivity contribution is 9.10. The van der Waals surface area contributed by atoms with Crippen molar-refractivity contribution in [2.45, 2.75) is 32.2 Å². The van der Waals surface area contributed by atoms with Gasteiger partial charge in [0.05, 0.1) is 0 Å². The minimum atomic E-state index is 0.793. The van der Waals surface area contributed by atoms with E-state index in [4.69, 9.17) is 0 Å². The largest absolute Gasteiger partial charge is 0.356 e. The van der Waals surface area contributed by atoms with Crippen LogP contribution in [0.25, 0.3) is 0 Å². The molecule has 0 aliphatic carbocycles. The Hall–Kier alpha value is -0.610. The monoisotopic (exact) mass is 323 g/mol. The molecule has 104 valence electrons. The van der Waals surface area contributed by atoms with Gasteiger partial charge in [-0.1, -0.05) is 0 Å². The number of rotatable bonds is 1. The van der Waals surface area contributed by atoms with Crippen molar-refractivity contribution in [2.24, 2.45) is 5.92 Å². The summed E-state index contributed by atoms with van der Waals surface area (Å²) in [6.45, 7) is 5.72. The fraction of sp³-hybridized carbons (Fsp3) is 0.667. The number of hydrogen-bond donors (Lipinski definition) is 0. The van der Waals surface area contributed by atoms with E-state index in [1.54, 1.807) is 0 Å². The number of likely N-dealkylation sites (tertiary alicyclic amines) is 1. The van der Waals surface area contributed by atoms with Gasteiger partial charge in [-0.05, 0) is 73.3 Å². The second kappa shape index (κ2) is 5.41. The third-order valence-electron chi connectivity index (χ3n) is 4.70. The smallest absolute Gasteiger partial charge is 0.128 e. The molecule has 0 spiro atoms. The molecule has 2 saturated heterocycles. The van der Waals surface area contributed by atoms with Gasteiger partial charge in [-0.25, -0.2) is 4.98 Å². The predicted octanol–water partition coefficient (Wildman–Crippen LogP) is 3.07. The quantitative estimate of drug-likeness (QED) is 0.791. The number of aryl methyl sites for hydroxylation is 1. The van der Waals surface area contributed by atoms with Gasteiger partial charge in [0.25, 0.3) is 0 Å². The summed E-state index contributed by atoms with van der Waals surface area (Å²) in [7, 11) is 2.29. The van der Waals surface area contributed by atoms with Crippen molar-refractivity contribution in [2.75, 3.05) is 31.6 Å². The van der Waals surface area contributed by atoms with Crippen molar-refractivity contribution in [3.05, 3.63) is 22.3 Å². The number of aromatic nitrogens is 1. The number of anilines is 1. The third kappa shape index (κ3) is 2.65. The van der Waals surface area contributed by atoms with Gasteiger partial charge in [-0.2, -0.15) is 0 Å². The first-order valence-corrected chi connectivity index (χ1v) is 8.02. The molecule has 2 atom stereocenters. The van der Waals surface area contributed by atoms with Gasteiger partial charge in [0, 0.05) is 29.8 Å². The van der Waals surface area contributed by atoms with Gasteiger partial charge in [0.15, 0.2) is 0 Å². The van der Waals surface area contributed by atoms with Crippen LogP contribution in [0.4, 0.5) is 5.82 Å². The van der Waals surface area contributed by atoms with Crippen LogP contribution >= 0.6 is 15.9 Å². The summed E-state index contributed by atoms with van der Waals surface area (Å²) in [5.41, 5.74) is 1.27. The molecule has 0 bridgehead atoms. The van der Waals surface area contributed by atoms with Crippen molar-refractivity contribution in [1.29, 1.82) is 0 Å². The maximum absolute atomic E-state index is 4.58.